The Morgan fingerprint density at radius 3 is 2.64 bits per heavy atom. The van der Waals surface area contributed by atoms with Gasteiger partial charge < -0.3 is 0 Å². The minimum absolute atomic E-state index is 0.687. The molecule has 14 heavy (non-hydrogen) atoms. The van der Waals surface area contributed by atoms with Crippen molar-refractivity contribution in [2.24, 2.45) is 4.99 Å². The molecule has 0 N–H and O–H groups in total. The number of nitrogens with zero attached hydrogens (tertiary/aromatic N) is 1. The van der Waals surface area contributed by atoms with Gasteiger partial charge >= 0.3 is 0 Å². The Balaban J connectivity index is 2.14. The van der Waals surface area contributed by atoms with Gasteiger partial charge in [0.25, 0.3) is 0 Å². The van der Waals surface area contributed by atoms with E-state index in [1.165, 1.54) is 63.5 Å². The molecule has 0 amide bonds. The van der Waals surface area contributed by atoms with Crippen molar-refractivity contribution in [1.29, 1.82) is 0 Å². The molecule has 0 aromatic heterocycles. The van der Waals surface area contributed by atoms with Gasteiger partial charge in [0.05, 0.1) is 6.04 Å². The fourth-order valence-corrected chi connectivity index (χ4v) is 2.14. The van der Waals surface area contributed by atoms with E-state index in [1.54, 1.807) is 0 Å². The van der Waals surface area contributed by atoms with Crippen molar-refractivity contribution in [1.82, 2.24) is 0 Å². The molecule has 0 fully saturated rings. The van der Waals surface area contributed by atoms with E-state index in [9.17, 15) is 0 Å². The van der Waals surface area contributed by atoms with E-state index in [4.69, 9.17) is 4.99 Å². The highest BCUT2D eigenvalue weighted by Gasteiger charge is 2.15. The van der Waals surface area contributed by atoms with Gasteiger partial charge in [-0.15, -0.1) is 0 Å². The molecule has 82 valence electrons. The number of hydrogen-bond donors (Lipinski definition) is 0. The minimum atomic E-state index is 0.687. The zero-order valence-electron chi connectivity index (χ0n) is 9.89. The first-order chi connectivity index (χ1) is 6.86. The minimum Gasteiger partial charge on any atom is -0.291 e. The largest absolute Gasteiger partial charge is 0.291 e. The van der Waals surface area contributed by atoms with Crippen molar-refractivity contribution in [3.05, 3.63) is 0 Å². The van der Waals surface area contributed by atoms with Crippen LogP contribution >= 0.6 is 0 Å². The molecule has 1 heteroatoms. The van der Waals surface area contributed by atoms with Crippen LogP contribution in [-0.2, 0) is 0 Å². The predicted molar refractivity (Wildman–Crippen MR) is 64.1 cm³/mol. The zero-order chi connectivity index (χ0) is 10.2. The summed E-state index contributed by atoms with van der Waals surface area (Å²) in [5, 5.41) is 0. The lowest BCUT2D eigenvalue weighted by Crippen LogP contribution is -1.97. The molecule has 0 unspecified atom stereocenters. The maximum absolute atomic E-state index is 4.81. The lowest BCUT2D eigenvalue weighted by atomic mass is 10.1. The second kappa shape index (κ2) is 7.03. The van der Waals surface area contributed by atoms with Crippen molar-refractivity contribution >= 4 is 5.71 Å². The third-order valence-electron chi connectivity index (χ3n) is 3.09. The van der Waals surface area contributed by atoms with E-state index < -0.39 is 0 Å². The molecule has 0 saturated heterocycles. The monoisotopic (exact) mass is 195 g/mol. The molecular weight excluding hydrogens is 170 g/mol. The predicted octanol–water partition coefficient (Wildman–Crippen LogP) is 4.36. The Morgan fingerprint density at radius 1 is 1.14 bits per heavy atom. The third kappa shape index (κ3) is 4.26. The van der Waals surface area contributed by atoms with Gasteiger partial charge in [-0.25, -0.2) is 0 Å². The SMILES string of the molecule is CCCCCC1=N[C@@H](CCCC)CC1. The van der Waals surface area contributed by atoms with E-state index in [1.807, 2.05) is 0 Å². The standard InChI is InChI=1S/C13H25N/c1-3-5-7-9-13-11-10-12(14-13)8-6-4-2/h12H,3-11H2,1-2H3/t12-/m0/s1. The molecule has 0 saturated carbocycles. The maximum Gasteiger partial charge on any atom is 0.0502 e. The lowest BCUT2D eigenvalue weighted by molar-refractivity contribution is 0.577. The Morgan fingerprint density at radius 2 is 1.93 bits per heavy atom. The first-order valence-electron chi connectivity index (χ1n) is 6.42. The van der Waals surface area contributed by atoms with Gasteiger partial charge in [-0.1, -0.05) is 39.5 Å². The van der Waals surface area contributed by atoms with Crippen LogP contribution < -0.4 is 0 Å². The second-order valence-electron chi connectivity index (χ2n) is 4.49. The number of hydrogen-bond acceptors (Lipinski definition) is 1. The van der Waals surface area contributed by atoms with Crippen LogP contribution in [0.1, 0.15) is 71.6 Å². The van der Waals surface area contributed by atoms with Crippen LogP contribution in [0.2, 0.25) is 0 Å². The molecule has 1 aliphatic heterocycles. The summed E-state index contributed by atoms with van der Waals surface area (Å²) in [6, 6.07) is 0.687. The van der Waals surface area contributed by atoms with Crippen LogP contribution in [0.5, 0.6) is 0 Å². The first-order valence-corrected chi connectivity index (χ1v) is 6.42. The molecule has 1 aliphatic rings. The molecule has 1 nitrogen and oxygen atoms in total. The normalized spacial score (nSPS) is 21.3. The summed E-state index contributed by atoms with van der Waals surface area (Å²) >= 11 is 0. The quantitative estimate of drug-likeness (QED) is 0.535. The van der Waals surface area contributed by atoms with Crippen molar-refractivity contribution in [2.45, 2.75) is 77.7 Å². The number of unbranched alkanes of at least 4 members (excludes halogenated alkanes) is 3. The zero-order valence-corrected chi connectivity index (χ0v) is 9.89. The fraction of sp³-hybridized carbons (Fsp3) is 0.923. The summed E-state index contributed by atoms with van der Waals surface area (Å²) in [6.45, 7) is 4.53. The number of rotatable bonds is 7. The second-order valence-corrected chi connectivity index (χ2v) is 4.49. The van der Waals surface area contributed by atoms with Crippen LogP contribution in [0.4, 0.5) is 0 Å². The summed E-state index contributed by atoms with van der Waals surface area (Å²) in [7, 11) is 0. The summed E-state index contributed by atoms with van der Waals surface area (Å²) in [4.78, 5) is 4.81. The van der Waals surface area contributed by atoms with Gasteiger partial charge in [-0.2, -0.15) is 0 Å². The van der Waals surface area contributed by atoms with E-state index in [-0.39, 0.29) is 0 Å². The summed E-state index contributed by atoms with van der Waals surface area (Å²) in [5.41, 5.74) is 1.51. The topological polar surface area (TPSA) is 12.4 Å². The summed E-state index contributed by atoms with van der Waals surface area (Å²) in [5.74, 6) is 0. The highest BCUT2D eigenvalue weighted by Crippen LogP contribution is 2.21. The Kier molecular flexibility index (Phi) is 5.89. The molecule has 1 atom stereocenters. The van der Waals surface area contributed by atoms with Crippen molar-refractivity contribution in [3.8, 4) is 0 Å². The average Bonchev–Trinajstić information content (AvgIpc) is 2.63. The third-order valence-corrected chi connectivity index (χ3v) is 3.09. The molecule has 1 heterocycles. The van der Waals surface area contributed by atoms with Crippen LogP contribution in [0, 0.1) is 0 Å². The molecule has 1 rings (SSSR count). The van der Waals surface area contributed by atoms with Gasteiger partial charge in [-0.3, -0.25) is 4.99 Å². The van der Waals surface area contributed by atoms with E-state index in [2.05, 4.69) is 13.8 Å². The molecule has 0 aliphatic carbocycles. The first kappa shape index (κ1) is 11.7. The van der Waals surface area contributed by atoms with Crippen LogP contribution in [0.25, 0.3) is 0 Å². The molecule has 0 aromatic rings. The van der Waals surface area contributed by atoms with Gasteiger partial charge in [0.15, 0.2) is 0 Å². The van der Waals surface area contributed by atoms with E-state index >= 15 is 0 Å². The Labute approximate surface area is 89.0 Å². The molecule has 0 aromatic carbocycles. The van der Waals surface area contributed by atoms with Gasteiger partial charge in [0.1, 0.15) is 0 Å². The van der Waals surface area contributed by atoms with Crippen molar-refractivity contribution < 1.29 is 0 Å². The van der Waals surface area contributed by atoms with Gasteiger partial charge in [-0.05, 0) is 32.1 Å². The van der Waals surface area contributed by atoms with Crippen LogP contribution in [0.15, 0.2) is 4.99 Å². The molecular formula is C13H25N. The average molecular weight is 195 g/mol. The molecule has 0 spiro atoms. The van der Waals surface area contributed by atoms with Gasteiger partial charge in [0, 0.05) is 5.71 Å². The highest BCUT2D eigenvalue weighted by molar-refractivity contribution is 5.86. The van der Waals surface area contributed by atoms with Crippen molar-refractivity contribution in [3.63, 3.8) is 0 Å². The van der Waals surface area contributed by atoms with Crippen molar-refractivity contribution in [2.75, 3.05) is 0 Å². The maximum atomic E-state index is 4.81. The Bertz CT molecular complexity index is 172. The fourth-order valence-electron chi connectivity index (χ4n) is 2.14. The smallest absolute Gasteiger partial charge is 0.0502 e. The van der Waals surface area contributed by atoms with Gasteiger partial charge in [0.2, 0.25) is 0 Å². The summed E-state index contributed by atoms with van der Waals surface area (Å²) in [6.07, 6.45) is 12.0. The van der Waals surface area contributed by atoms with E-state index in [0.717, 1.165) is 0 Å². The molecule has 0 radical (unpaired) electrons. The highest BCUT2D eigenvalue weighted by atomic mass is 14.8. The van der Waals surface area contributed by atoms with Crippen LogP contribution in [-0.4, -0.2) is 11.8 Å². The summed E-state index contributed by atoms with van der Waals surface area (Å²) < 4.78 is 0. The van der Waals surface area contributed by atoms with Crippen LogP contribution in [0.3, 0.4) is 0 Å². The number of aliphatic imine (C=N–C) groups is 1. The molecule has 0 bridgehead atoms. The Hall–Kier alpha value is -0.330. The van der Waals surface area contributed by atoms with E-state index in [0.29, 0.717) is 6.04 Å². The lowest BCUT2D eigenvalue weighted by Gasteiger charge is -2.03.